The van der Waals surface area contributed by atoms with Gasteiger partial charge in [0.1, 0.15) is 0 Å². The molecule has 0 atom stereocenters. The van der Waals surface area contributed by atoms with Gasteiger partial charge in [0.2, 0.25) is 11.8 Å². The molecule has 0 aromatic heterocycles. The van der Waals surface area contributed by atoms with Gasteiger partial charge in [-0.2, -0.15) is 0 Å². The minimum Gasteiger partial charge on any atom is -0.352 e. The number of urea groups is 1. The van der Waals surface area contributed by atoms with E-state index >= 15 is 0 Å². The summed E-state index contributed by atoms with van der Waals surface area (Å²) in [4.78, 5) is 38.6. The summed E-state index contributed by atoms with van der Waals surface area (Å²) >= 11 is 0. The predicted octanol–water partition coefficient (Wildman–Crippen LogP) is 2.56. The van der Waals surface area contributed by atoms with Crippen molar-refractivity contribution in [2.45, 2.75) is 64.0 Å². The van der Waals surface area contributed by atoms with Crippen LogP contribution in [0.4, 0.5) is 4.79 Å². The van der Waals surface area contributed by atoms with Gasteiger partial charge in [-0.3, -0.25) is 9.59 Å². The van der Waals surface area contributed by atoms with Crippen LogP contribution in [0.1, 0.15) is 56.9 Å². The Labute approximate surface area is 179 Å². The maximum atomic E-state index is 12.4. The van der Waals surface area contributed by atoms with Crippen molar-refractivity contribution in [2.75, 3.05) is 19.6 Å². The monoisotopic (exact) mass is 414 g/mol. The average Bonchev–Trinajstić information content (AvgIpc) is 2.79. The number of nitrogens with zero attached hydrogens (tertiary/aromatic N) is 1. The Balaban J connectivity index is 1.29. The van der Waals surface area contributed by atoms with Crippen LogP contribution in [0.5, 0.6) is 0 Å². The number of carbonyl (C=O) groups is 3. The molecule has 7 nitrogen and oxygen atoms in total. The van der Waals surface area contributed by atoms with Gasteiger partial charge in [0.25, 0.3) is 0 Å². The van der Waals surface area contributed by atoms with E-state index in [-0.39, 0.29) is 29.8 Å². The lowest BCUT2D eigenvalue weighted by Gasteiger charge is -2.31. The van der Waals surface area contributed by atoms with Gasteiger partial charge in [0.15, 0.2) is 0 Å². The number of likely N-dealkylation sites (tertiary alicyclic amines) is 1. The predicted molar refractivity (Wildman–Crippen MR) is 116 cm³/mol. The summed E-state index contributed by atoms with van der Waals surface area (Å²) in [5.41, 5.74) is 1.08. The summed E-state index contributed by atoms with van der Waals surface area (Å²) in [5, 5.41) is 8.79. The Morgan fingerprint density at radius 1 is 0.900 bits per heavy atom. The fourth-order valence-corrected chi connectivity index (χ4v) is 4.24. The van der Waals surface area contributed by atoms with Crippen LogP contribution in [-0.2, 0) is 16.1 Å². The molecule has 1 heterocycles. The highest BCUT2D eigenvalue weighted by atomic mass is 16.2. The van der Waals surface area contributed by atoms with Crippen molar-refractivity contribution in [1.82, 2.24) is 20.9 Å². The van der Waals surface area contributed by atoms with Crippen molar-refractivity contribution in [2.24, 2.45) is 5.92 Å². The van der Waals surface area contributed by atoms with E-state index in [1.807, 2.05) is 35.2 Å². The zero-order chi connectivity index (χ0) is 21.2. The van der Waals surface area contributed by atoms with Gasteiger partial charge in [-0.1, -0.05) is 49.6 Å². The molecule has 3 N–H and O–H groups in total. The van der Waals surface area contributed by atoms with Gasteiger partial charge in [-0.05, 0) is 31.2 Å². The first-order chi connectivity index (χ1) is 14.6. The maximum absolute atomic E-state index is 12.4. The van der Waals surface area contributed by atoms with Gasteiger partial charge >= 0.3 is 6.03 Å². The molecule has 2 fully saturated rings. The molecule has 1 saturated heterocycles. The van der Waals surface area contributed by atoms with Crippen molar-refractivity contribution in [3.63, 3.8) is 0 Å². The third-order valence-corrected chi connectivity index (χ3v) is 6.09. The summed E-state index contributed by atoms with van der Waals surface area (Å²) in [5.74, 6) is 0.0558. The topological polar surface area (TPSA) is 90.5 Å². The first-order valence-electron chi connectivity index (χ1n) is 11.3. The van der Waals surface area contributed by atoms with Gasteiger partial charge < -0.3 is 20.9 Å². The largest absolute Gasteiger partial charge is 0.352 e. The third kappa shape index (κ3) is 7.04. The van der Waals surface area contributed by atoms with Crippen LogP contribution in [0.15, 0.2) is 30.3 Å². The molecular weight excluding hydrogens is 380 g/mol. The van der Waals surface area contributed by atoms with Crippen LogP contribution < -0.4 is 16.0 Å². The van der Waals surface area contributed by atoms with E-state index in [4.69, 9.17) is 0 Å². The van der Waals surface area contributed by atoms with E-state index in [1.165, 1.54) is 19.3 Å². The Morgan fingerprint density at radius 3 is 2.30 bits per heavy atom. The second kappa shape index (κ2) is 11.6. The second-order valence-corrected chi connectivity index (χ2v) is 8.34. The van der Waals surface area contributed by atoms with Crippen LogP contribution >= 0.6 is 0 Å². The molecule has 1 saturated carbocycles. The first kappa shape index (κ1) is 22.1. The van der Waals surface area contributed by atoms with Crippen LogP contribution in [0, 0.1) is 5.92 Å². The molecule has 3 rings (SSSR count). The minimum atomic E-state index is -0.177. The van der Waals surface area contributed by atoms with Crippen molar-refractivity contribution in [1.29, 1.82) is 0 Å². The number of benzene rings is 1. The molecule has 0 spiro atoms. The normalized spacial score (nSPS) is 17.9. The Kier molecular flexibility index (Phi) is 8.53. The third-order valence-electron chi connectivity index (χ3n) is 6.09. The van der Waals surface area contributed by atoms with Crippen molar-refractivity contribution >= 4 is 17.8 Å². The SMILES string of the molecule is O=C(NCCC(=O)N1CCC(C(=O)NCc2ccccc2)CC1)NC1CCCCC1. The second-order valence-electron chi connectivity index (χ2n) is 8.34. The number of hydrogen-bond donors (Lipinski definition) is 3. The quantitative estimate of drug-likeness (QED) is 0.640. The number of carbonyl (C=O) groups excluding carboxylic acids is 3. The molecule has 0 unspecified atom stereocenters. The maximum Gasteiger partial charge on any atom is 0.315 e. The molecule has 0 radical (unpaired) electrons. The van der Waals surface area contributed by atoms with Crippen LogP contribution in [0.25, 0.3) is 0 Å². The molecule has 0 bridgehead atoms. The Hall–Kier alpha value is -2.57. The Morgan fingerprint density at radius 2 is 1.60 bits per heavy atom. The molecule has 30 heavy (non-hydrogen) atoms. The van der Waals surface area contributed by atoms with E-state index in [1.54, 1.807) is 0 Å². The van der Waals surface area contributed by atoms with Crippen molar-refractivity contribution in [3.8, 4) is 0 Å². The molecule has 164 valence electrons. The summed E-state index contributed by atoms with van der Waals surface area (Å²) < 4.78 is 0. The highest BCUT2D eigenvalue weighted by molar-refractivity contribution is 5.80. The number of nitrogens with one attached hydrogen (secondary N) is 3. The first-order valence-corrected chi connectivity index (χ1v) is 11.3. The molecule has 2 aliphatic rings. The van der Waals surface area contributed by atoms with Gasteiger partial charge in [-0.15, -0.1) is 0 Å². The highest BCUT2D eigenvalue weighted by Gasteiger charge is 2.27. The highest BCUT2D eigenvalue weighted by Crippen LogP contribution is 2.19. The lowest BCUT2D eigenvalue weighted by molar-refractivity contribution is -0.135. The van der Waals surface area contributed by atoms with Crippen LogP contribution in [0.3, 0.4) is 0 Å². The smallest absolute Gasteiger partial charge is 0.315 e. The van der Waals surface area contributed by atoms with Crippen molar-refractivity contribution in [3.05, 3.63) is 35.9 Å². The average molecular weight is 415 g/mol. The number of hydrogen-bond acceptors (Lipinski definition) is 3. The summed E-state index contributed by atoms with van der Waals surface area (Å²) in [7, 11) is 0. The zero-order valence-electron chi connectivity index (χ0n) is 17.7. The van der Waals surface area contributed by atoms with Crippen LogP contribution in [0.2, 0.25) is 0 Å². The molecule has 7 heteroatoms. The summed E-state index contributed by atoms with van der Waals surface area (Å²) in [6, 6.07) is 9.94. The lowest BCUT2D eigenvalue weighted by atomic mass is 9.95. The molecule has 4 amide bonds. The van der Waals surface area contributed by atoms with E-state index < -0.39 is 0 Å². The molecule has 1 aromatic rings. The standard InChI is InChI=1S/C23H34N4O3/c28-21(11-14-24-23(30)26-20-9-5-2-6-10-20)27-15-12-19(13-16-27)22(29)25-17-18-7-3-1-4-8-18/h1,3-4,7-8,19-20H,2,5-6,9-17H2,(H,25,29)(H2,24,26,30). The zero-order valence-corrected chi connectivity index (χ0v) is 17.7. The molecule has 1 aliphatic heterocycles. The summed E-state index contributed by atoms with van der Waals surface area (Å²) in [6.45, 7) is 2.06. The van der Waals surface area contributed by atoms with E-state index in [2.05, 4.69) is 16.0 Å². The molecule has 1 aromatic carbocycles. The molecular formula is C23H34N4O3. The Bertz CT molecular complexity index is 696. The van der Waals surface area contributed by atoms with Gasteiger partial charge in [0.05, 0.1) is 0 Å². The number of amides is 4. The van der Waals surface area contributed by atoms with Crippen molar-refractivity contribution < 1.29 is 14.4 Å². The summed E-state index contributed by atoms with van der Waals surface area (Å²) in [6.07, 6.45) is 7.33. The number of rotatable bonds is 7. The fraction of sp³-hybridized carbons (Fsp3) is 0.609. The van der Waals surface area contributed by atoms with Crippen LogP contribution in [-0.4, -0.2) is 48.4 Å². The van der Waals surface area contributed by atoms with Gasteiger partial charge in [0, 0.05) is 44.6 Å². The van der Waals surface area contributed by atoms with E-state index in [0.29, 0.717) is 45.4 Å². The molecule has 1 aliphatic carbocycles. The van der Waals surface area contributed by atoms with E-state index in [0.717, 1.165) is 18.4 Å². The number of piperidine rings is 1. The minimum absolute atomic E-state index is 0.0381. The lowest BCUT2D eigenvalue weighted by Crippen LogP contribution is -2.45. The van der Waals surface area contributed by atoms with Gasteiger partial charge in [-0.25, -0.2) is 4.79 Å². The van der Waals surface area contributed by atoms with E-state index in [9.17, 15) is 14.4 Å². The fourth-order valence-electron chi connectivity index (χ4n) is 4.24.